The van der Waals surface area contributed by atoms with E-state index in [-0.39, 0.29) is 0 Å². The average molecular weight is 600 g/mol. The number of methoxy groups -OCH3 is 1. The van der Waals surface area contributed by atoms with E-state index >= 15 is 0 Å². The van der Waals surface area contributed by atoms with Crippen LogP contribution in [0, 0.1) is 0 Å². The molecule has 7 nitrogen and oxygen atoms in total. The van der Waals surface area contributed by atoms with Gasteiger partial charge in [-0.25, -0.2) is 5.43 Å². The Kier molecular flexibility index (Phi) is 9.80. The van der Waals surface area contributed by atoms with Gasteiger partial charge in [0.2, 0.25) is 11.8 Å². The second kappa shape index (κ2) is 12.8. The Morgan fingerprint density at radius 1 is 1.00 bits per heavy atom. The Hall–Kier alpha value is -2.78. The third kappa shape index (κ3) is 8.14. The zero-order chi connectivity index (χ0) is 25.4. The minimum absolute atomic E-state index is 0.293. The number of rotatable bonds is 9. The molecular formula is C24H19BrCl3N3O4. The van der Waals surface area contributed by atoms with Gasteiger partial charge in [-0.15, -0.1) is 0 Å². The molecule has 0 aliphatic carbocycles. The van der Waals surface area contributed by atoms with E-state index in [0.717, 1.165) is 5.56 Å². The van der Waals surface area contributed by atoms with Gasteiger partial charge in [0.25, 0.3) is 0 Å². The number of ether oxygens (including phenoxy) is 2. The molecule has 0 bridgehead atoms. The van der Waals surface area contributed by atoms with Gasteiger partial charge in [0.15, 0.2) is 11.5 Å². The number of halogens is 4. The van der Waals surface area contributed by atoms with Crippen molar-refractivity contribution in [3.63, 3.8) is 0 Å². The Morgan fingerprint density at radius 3 is 2.43 bits per heavy atom. The number of benzene rings is 3. The summed E-state index contributed by atoms with van der Waals surface area (Å²) in [6.45, 7) is 0.319. The molecule has 2 N–H and O–H groups in total. The molecule has 0 aliphatic heterocycles. The second-order valence-electron chi connectivity index (χ2n) is 7.10. The highest BCUT2D eigenvalue weighted by Crippen LogP contribution is 2.37. The Morgan fingerprint density at radius 2 is 1.74 bits per heavy atom. The number of hydrazone groups is 1. The van der Waals surface area contributed by atoms with E-state index in [4.69, 9.17) is 44.3 Å². The first-order valence-corrected chi connectivity index (χ1v) is 12.0. The van der Waals surface area contributed by atoms with Gasteiger partial charge in [-0.05, 0) is 69.5 Å². The van der Waals surface area contributed by atoms with Crippen LogP contribution in [0.1, 0.15) is 17.5 Å². The predicted molar refractivity (Wildman–Crippen MR) is 142 cm³/mol. The summed E-state index contributed by atoms with van der Waals surface area (Å²) in [4.78, 5) is 24.1. The van der Waals surface area contributed by atoms with Crippen molar-refractivity contribution in [1.29, 1.82) is 0 Å². The van der Waals surface area contributed by atoms with E-state index in [0.29, 0.717) is 48.9 Å². The molecule has 0 radical (unpaired) electrons. The summed E-state index contributed by atoms with van der Waals surface area (Å²) >= 11 is 21.1. The smallest absolute Gasteiger partial charge is 0.249 e. The molecule has 182 valence electrons. The number of anilines is 1. The van der Waals surface area contributed by atoms with Crippen molar-refractivity contribution >= 4 is 74.4 Å². The summed E-state index contributed by atoms with van der Waals surface area (Å²) in [5.41, 5.74) is 4.32. The van der Waals surface area contributed by atoms with Crippen LogP contribution in [0.5, 0.6) is 11.5 Å². The van der Waals surface area contributed by atoms with E-state index in [1.165, 1.54) is 19.4 Å². The number of hydrogen-bond donors (Lipinski definition) is 2. The number of carbonyl (C=O) groups is 2. The van der Waals surface area contributed by atoms with E-state index in [9.17, 15) is 9.59 Å². The molecule has 11 heteroatoms. The van der Waals surface area contributed by atoms with Crippen LogP contribution in [0.4, 0.5) is 5.69 Å². The molecule has 0 atom stereocenters. The van der Waals surface area contributed by atoms with Crippen molar-refractivity contribution < 1.29 is 19.1 Å². The number of carbonyl (C=O) groups excluding carboxylic acids is 2. The summed E-state index contributed by atoms with van der Waals surface area (Å²) in [7, 11) is 1.52. The van der Waals surface area contributed by atoms with Crippen molar-refractivity contribution in [3.05, 3.63) is 85.3 Å². The van der Waals surface area contributed by atoms with Gasteiger partial charge in [0, 0.05) is 10.7 Å². The highest BCUT2D eigenvalue weighted by Gasteiger charge is 2.13. The van der Waals surface area contributed by atoms with Gasteiger partial charge in [-0.1, -0.05) is 46.9 Å². The third-order valence-corrected chi connectivity index (χ3v) is 6.06. The van der Waals surface area contributed by atoms with Crippen molar-refractivity contribution in [2.75, 3.05) is 12.4 Å². The molecule has 0 saturated carbocycles. The lowest BCUT2D eigenvalue weighted by atomic mass is 10.2. The fourth-order valence-electron chi connectivity index (χ4n) is 2.83. The van der Waals surface area contributed by atoms with Crippen LogP contribution >= 0.6 is 50.7 Å². The lowest BCUT2D eigenvalue weighted by molar-refractivity contribution is -0.126. The maximum Gasteiger partial charge on any atom is 0.249 e. The van der Waals surface area contributed by atoms with Crippen molar-refractivity contribution in [2.45, 2.75) is 13.0 Å². The van der Waals surface area contributed by atoms with Gasteiger partial charge >= 0.3 is 0 Å². The highest BCUT2D eigenvalue weighted by molar-refractivity contribution is 9.10. The average Bonchev–Trinajstić information content (AvgIpc) is 2.81. The Bertz CT molecular complexity index is 1250. The van der Waals surface area contributed by atoms with Crippen LogP contribution in [0.25, 0.3) is 0 Å². The molecule has 3 aromatic carbocycles. The number of hydrogen-bond acceptors (Lipinski definition) is 5. The summed E-state index contributed by atoms with van der Waals surface area (Å²) < 4.78 is 12.0. The molecule has 0 aromatic heterocycles. The molecule has 0 saturated heterocycles. The summed E-state index contributed by atoms with van der Waals surface area (Å²) in [5, 5.41) is 7.77. The Labute approximate surface area is 225 Å². The van der Waals surface area contributed by atoms with Crippen LogP contribution < -0.4 is 20.2 Å². The van der Waals surface area contributed by atoms with E-state index in [1.807, 2.05) is 12.1 Å². The Balaban J connectivity index is 1.56. The van der Waals surface area contributed by atoms with Gasteiger partial charge in [0.05, 0.1) is 27.8 Å². The van der Waals surface area contributed by atoms with E-state index in [2.05, 4.69) is 31.8 Å². The van der Waals surface area contributed by atoms with Crippen LogP contribution in [-0.4, -0.2) is 25.1 Å². The lowest BCUT2D eigenvalue weighted by Gasteiger charge is -2.13. The van der Waals surface area contributed by atoms with Crippen LogP contribution in [-0.2, 0) is 16.2 Å². The maximum atomic E-state index is 12.1. The van der Waals surface area contributed by atoms with Gasteiger partial charge in [-0.3, -0.25) is 9.59 Å². The van der Waals surface area contributed by atoms with Crippen molar-refractivity contribution in [3.8, 4) is 11.5 Å². The van der Waals surface area contributed by atoms with Crippen LogP contribution in [0.3, 0.4) is 0 Å². The molecule has 0 spiro atoms. The maximum absolute atomic E-state index is 12.1. The highest BCUT2D eigenvalue weighted by atomic mass is 79.9. The second-order valence-corrected chi connectivity index (χ2v) is 9.20. The molecular weight excluding hydrogens is 581 g/mol. The molecule has 3 aromatic rings. The van der Waals surface area contributed by atoms with E-state index in [1.54, 1.807) is 36.4 Å². The molecule has 35 heavy (non-hydrogen) atoms. The van der Waals surface area contributed by atoms with Crippen molar-refractivity contribution in [2.24, 2.45) is 5.10 Å². The normalized spacial score (nSPS) is 10.8. The lowest BCUT2D eigenvalue weighted by Crippen LogP contribution is -2.24. The summed E-state index contributed by atoms with van der Waals surface area (Å²) in [6, 6.07) is 15.4. The molecule has 2 amide bonds. The minimum Gasteiger partial charge on any atom is -0.493 e. The fourth-order valence-corrected chi connectivity index (χ4v) is 3.83. The number of nitrogens with one attached hydrogen (secondary N) is 2. The van der Waals surface area contributed by atoms with Gasteiger partial charge in [-0.2, -0.15) is 5.10 Å². The SMILES string of the molecule is COc1cc(C=NNC(=O)CC(=O)Nc2ccc(Cl)c(Cl)c2)cc(Br)c1OCc1ccc(Cl)cc1. The number of amides is 2. The summed E-state index contributed by atoms with van der Waals surface area (Å²) in [6.07, 6.45) is 0.993. The quantitative estimate of drug-likeness (QED) is 0.168. The zero-order valence-corrected chi connectivity index (χ0v) is 22.1. The summed E-state index contributed by atoms with van der Waals surface area (Å²) in [5.74, 6) is -0.125. The molecule has 0 aliphatic rings. The molecule has 0 heterocycles. The zero-order valence-electron chi connectivity index (χ0n) is 18.3. The number of nitrogens with zero attached hydrogens (tertiary/aromatic N) is 1. The standard InChI is InChI=1S/C24H19BrCl3N3O4/c1-34-21-9-15(8-18(25)24(21)35-13-14-2-4-16(26)5-3-14)12-29-31-23(33)11-22(32)30-17-6-7-19(27)20(28)10-17/h2-10,12H,11,13H2,1H3,(H,30,32)(H,31,33). The first kappa shape index (κ1) is 26.8. The minimum atomic E-state index is -0.590. The first-order valence-electron chi connectivity index (χ1n) is 10.1. The monoisotopic (exact) mass is 597 g/mol. The van der Waals surface area contributed by atoms with Gasteiger partial charge in [0.1, 0.15) is 13.0 Å². The first-order chi connectivity index (χ1) is 16.7. The predicted octanol–water partition coefficient (Wildman–Crippen LogP) is 6.48. The van der Waals surface area contributed by atoms with E-state index < -0.39 is 18.2 Å². The molecule has 0 fully saturated rings. The molecule has 3 rings (SSSR count). The third-order valence-electron chi connectivity index (χ3n) is 4.48. The largest absolute Gasteiger partial charge is 0.493 e. The molecule has 0 unspecified atom stereocenters. The van der Waals surface area contributed by atoms with Crippen LogP contribution in [0.15, 0.2) is 64.2 Å². The van der Waals surface area contributed by atoms with Gasteiger partial charge < -0.3 is 14.8 Å². The van der Waals surface area contributed by atoms with Crippen LogP contribution in [0.2, 0.25) is 15.1 Å². The van der Waals surface area contributed by atoms with Crippen molar-refractivity contribution in [1.82, 2.24) is 5.43 Å². The topological polar surface area (TPSA) is 89.0 Å². The fraction of sp³-hybridized carbons (Fsp3) is 0.125.